The highest BCUT2D eigenvalue weighted by molar-refractivity contribution is 5.92. The van der Waals surface area contributed by atoms with Gasteiger partial charge in [0, 0.05) is 23.7 Å². The zero-order valence-electron chi connectivity index (χ0n) is 10.1. The van der Waals surface area contributed by atoms with Crippen molar-refractivity contribution in [2.24, 2.45) is 0 Å². The summed E-state index contributed by atoms with van der Waals surface area (Å²) < 4.78 is 1.66. The zero-order chi connectivity index (χ0) is 13.4. The zero-order valence-corrected chi connectivity index (χ0v) is 10.1. The third-order valence-electron chi connectivity index (χ3n) is 2.85. The molecular formula is C13H10N4O2. The summed E-state index contributed by atoms with van der Waals surface area (Å²) >= 11 is 0. The fourth-order valence-electron chi connectivity index (χ4n) is 1.93. The average molecular weight is 254 g/mol. The lowest BCUT2D eigenvalue weighted by molar-refractivity contribution is 0.0693. The molecule has 0 aromatic carbocycles. The number of fused-ring (bicyclic) bond motifs is 1. The van der Waals surface area contributed by atoms with Crippen molar-refractivity contribution in [1.29, 1.82) is 0 Å². The third kappa shape index (κ3) is 1.83. The van der Waals surface area contributed by atoms with Crippen molar-refractivity contribution < 1.29 is 9.90 Å². The summed E-state index contributed by atoms with van der Waals surface area (Å²) in [5.41, 5.74) is 2.68. The lowest BCUT2D eigenvalue weighted by Gasteiger charge is -2.05. The summed E-state index contributed by atoms with van der Waals surface area (Å²) in [7, 11) is 0. The molecule has 0 aliphatic rings. The highest BCUT2D eigenvalue weighted by atomic mass is 16.4. The molecule has 0 saturated carbocycles. The third-order valence-corrected chi connectivity index (χ3v) is 2.85. The number of rotatable bonds is 2. The molecule has 0 bridgehead atoms. The number of carbonyl (C=O) groups is 1. The molecule has 3 aromatic rings. The first kappa shape index (κ1) is 11.3. The van der Waals surface area contributed by atoms with Crippen LogP contribution in [0.2, 0.25) is 0 Å². The Balaban J connectivity index is 2.28. The smallest absolute Gasteiger partial charge is 0.358 e. The maximum atomic E-state index is 11.1. The number of imidazole rings is 1. The molecule has 0 fully saturated rings. The van der Waals surface area contributed by atoms with E-state index in [-0.39, 0.29) is 5.69 Å². The molecule has 19 heavy (non-hydrogen) atoms. The minimum absolute atomic E-state index is 0.0474. The standard InChI is InChI=1S/C13H10N4O2/c1-8-5-10(9-3-2-4-14-6-9)16-12-11(13(18)19)15-7-17(8)12/h2-7H,1H3,(H,18,19). The Morgan fingerprint density at radius 1 is 1.42 bits per heavy atom. The molecule has 1 N–H and O–H groups in total. The van der Waals surface area contributed by atoms with Crippen LogP contribution in [0.3, 0.4) is 0 Å². The lowest BCUT2D eigenvalue weighted by atomic mass is 10.2. The van der Waals surface area contributed by atoms with Gasteiger partial charge in [-0.25, -0.2) is 14.8 Å². The normalized spacial score (nSPS) is 10.8. The summed E-state index contributed by atoms with van der Waals surface area (Å²) in [6.07, 6.45) is 4.83. The molecule has 0 spiro atoms. The number of aromatic nitrogens is 4. The lowest BCUT2D eigenvalue weighted by Crippen LogP contribution is -2.01. The summed E-state index contributed by atoms with van der Waals surface area (Å²) in [5.74, 6) is -1.09. The Bertz CT molecular complexity index is 765. The van der Waals surface area contributed by atoms with Crippen molar-refractivity contribution >= 4 is 11.6 Å². The molecule has 0 atom stereocenters. The number of carboxylic acid groups (broad SMARTS) is 1. The van der Waals surface area contributed by atoms with E-state index in [4.69, 9.17) is 5.11 Å². The topological polar surface area (TPSA) is 80.4 Å². The van der Waals surface area contributed by atoms with Crippen LogP contribution in [0.4, 0.5) is 0 Å². The van der Waals surface area contributed by atoms with Gasteiger partial charge >= 0.3 is 5.97 Å². The van der Waals surface area contributed by atoms with Crippen LogP contribution in [0.15, 0.2) is 36.9 Å². The van der Waals surface area contributed by atoms with E-state index in [1.807, 2.05) is 25.1 Å². The minimum atomic E-state index is -1.09. The Morgan fingerprint density at radius 2 is 2.26 bits per heavy atom. The SMILES string of the molecule is Cc1cc(-c2cccnc2)nc2c(C(=O)O)ncn12. The Morgan fingerprint density at radius 3 is 2.95 bits per heavy atom. The highest BCUT2D eigenvalue weighted by Crippen LogP contribution is 2.20. The van der Waals surface area contributed by atoms with E-state index in [1.165, 1.54) is 6.33 Å². The van der Waals surface area contributed by atoms with Crippen LogP contribution in [0, 0.1) is 6.92 Å². The summed E-state index contributed by atoms with van der Waals surface area (Å²) in [5, 5.41) is 9.10. The highest BCUT2D eigenvalue weighted by Gasteiger charge is 2.15. The summed E-state index contributed by atoms with van der Waals surface area (Å²) in [6.45, 7) is 1.88. The average Bonchev–Trinajstić information content (AvgIpc) is 2.84. The molecule has 0 unspecified atom stereocenters. The second-order valence-electron chi connectivity index (χ2n) is 4.12. The number of aryl methyl sites for hydroxylation is 1. The van der Waals surface area contributed by atoms with Gasteiger partial charge in [0.1, 0.15) is 6.33 Å². The van der Waals surface area contributed by atoms with Crippen LogP contribution in [0.5, 0.6) is 0 Å². The second-order valence-corrected chi connectivity index (χ2v) is 4.12. The number of aromatic carboxylic acids is 1. The molecule has 94 valence electrons. The second kappa shape index (κ2) is 4.16. The van der Waals surface area contributed by atoms with Gasteiger partial charge in [0.05, 0.1) is 5.69 Å². The van der Waals surface area contributed by atoms with Gasteiger partial charge in [-0.2, -0.15) is 0 Å². The Hall–Kier alpha value is -2.76. The van der Waals surface area contributed by atoms with Crippen molar-refractivity contribution in [1.82, 2.24) is 19.4 Å². The van der Waals surface area contributed by atoms with Gasteiger partial charge in [0.2, 0.25) is 0 Å². The molecule has 0 aliphatic heterocycles. The molecule has 3 rings (SSSR count). The van der Waals surface area contributed by atoms with E-state index in [2.05, 4.69) is 15.0 Å². The van der Waals surface area contributed by atoms with Crippen molar-refractivity contribution in [3.05, 3.63) is 48.3 Å². The van der Waals surface area contributed by atoms with Gasteiger partial charge in [-0.3, -0.25) is 9.38 Å². The van der Waals surface area contributed by atoms with Crippen LogP contribution >= 0.6 is 0 Å². The van der Waals surface area contributed by atoms with E-state index < -0.39 is 5.97 Å². The quantitative estimate of drug-likeness (QED) is 0.754. The van der Waals surface area contributed by atoms with Crippen molar-refractivity contribution in [3.63, 3.8) is 0 Å². The fourth-order valence-corrected chi connectivity index (χ4v) is 1.93. The van der Waals surface area contributed by atoms with E-state index in [0.29, 0.717) is 11.3 Å². The maximum Gasteiger partial charge on any atom is 0.358 e. The Kier molecular flexibility index (Phi) is 2.49. The van der Waals surface area contributed by atoms with E-state index in [9.17, 15) is 4.79 Å². The molecular weight excluding hydrogens is 244 g/mol. The first-order chi connectivity index (χ1) is 9.16. The van der Waals surface area contributed by atoms with Crippen molar-refractivity contribution in [2.45, 2.75) is 6.92 Å². The van der Waals surface area contributed by atoms with Gasteiger partial charge in [-0.15, -0.1) is 0 Å². The fraction of sp³-hybridized carbons (Fsp3) is 0.0769. The van der Waals surface area contributed by atoms with Crippen LogP contribution in [-0.4, -0.2) is 30.4 Å². The number of hydrogen-bond acceptors (Lipinski definition) is 4. The molecule has 0 saturated heterocycles. The molecule has 3 aromatic heterocycles. The molecule has 6 heteroatoms. The first-order valence-corrected chi connectivity index (χ1v) is 5.65. The van der Waals surface area contributed by atoms with Gasteiger partial charge < -0.3 is 5.11 Å². The van der Waals surface area contributed by atoms with E-state index >= 15 is 0 Å². The largest absolute Gasteiger partial charge is 0.476 e. The molecule has 0 aliphatic carbocycles. The number of pyridine rings is 1. The summed E-state index contributed by atoms with van der Waals surface area (Å²) in [4.78, 5) is 23.4. The first-order valence-electron chi connectivity index (χ1n) is 5.65. The molecule has 6 nitrogen and oxygen atoms in total. The maximum absolute atomic E-state index is 11.1. The van der Waals surface area contributed by atoms with Gasteiger partial charge in [0.25, 0.3) is 0 Å². The molecule has 0 amide bonds. The molecule has 3 heterocycles. The van der Waals surface area contributed by atoms with Crippen molar-refractivity contribution in [3.8, 4) is 11.3 Å². The number of carboxylic acids is 1. The predicted octanol–water partition coefficient (Wildman–Crippen LogP) is 1.80. The van der Waals surface area contributed by atoms with Gasteiger partial charge in [-0.05, 0) is 25.1 Å². The van der Waals surface area contributed by atoms with Crippen LogP contribution in [0.25, 0.3) is 16.9 Å². The number of hydrogen-bond donors (Lipinski definition) is 1. The van der Waals surface area contributed by atoms with Crippen molar-refractivity contribution in [2.75, 3.05) is 0 Å². The van der Waals surface area contributed by atoms with E-state index in [0.717, 1.165) is 11.3 Å². The van der Waals surface area contributed by atoms with Gasteiger partial charge in [0.15, 0.2) is 11.3 Å². The van der Waals surface area contributed by atoms with E-state index in [1.54, 1.807) is 16.8 Å². The summed E-state index contributed by atoms with van der Waals surface area (Å²) in [6, 6.07) is 5.56. The monoisotopic (exact) mass is 254 g/mol. The predicted molar refractivity (Wildman–Crippen MR) is 67.9 cm³/mol. The Labute approximate surface area is 108 Å². The van der Waals surface area contributed by atoms with Crippen LogP contribution < -0.4 is 0 Å². The van der Waals surface area contributed by atoms with Crippen LogP contribution in [0.1, 0.15) is 16.2 Å². The molecule has 0 radical (unpaired) electrons. The van der Waals surface area contributed by atoms with Gasteiger partial charge in [-0.1, -0.05) is 0 Å². The van der Waals surface area contributed by atoms with Crippen LogP contribution in [-0.2, 0) is 0 Å². The number of nitrogens with zero attached hydrogens (tertiary/aromatic N) is 4. The minimum Gasteiger partial charge on any atom is -0.476 e.